The standard InChI is InChI=1S/C22H23O6P/c1-14-7-5-8-15(2)21(14)27-29(25,26-20-13-18(23)11-12-19(20)24)28-22-16(3)9-6-10-17(22)4/h5-13,23-24H,1-4H3. The maximum absolute atomic E-state index is 13.7. The third kappa shape index (κ3) is 4.66. The Kier molecular flexibility index (Phi) is 5.76. The van der Waals surface area contributed by atoms with Crippen molar-refractivity contribution < 1.29 is 28.3 Å². The zero-order chi connectivity index (χ0) is 21.2. The normalized spacial score (nSPS) is 11.2. The molecule has 0 saturated heterocycles. The molecule has 0 bridgehead atoms. The van der Waals surface area contributed by atoms with Gasteiger partial charge in [-0.05, 0) is 62.1 Å². The Morgan fingerprint density at radius 2 is 1.14 bits per heavy atom. The van der Waals surface area contributed by atoms with Crippen LogP contribution in [0, 0.1) is 27.7 Å². The third-order valence-electron chi connectivity index (χ3n) is 4.38. The van der Waals surface area contributed by atoms with Gasteiger partial charge < -0.3 is 23.8 Å². The Labute approximate surface area is 169 Å². The molecule has 2 N–H and O–H groups in total. The highest BCUT2D eigenvalue weighted by Gasteiger charge is 2.36. The fourth-order valence-corrected chi connectivity index (χ4v) is 4.38. The average Bonchev–Trinajstić information content (AvgIpc) is 2.65. The van der Waals surface area contributed by atoms with Crippen LogP contribution in [0.2, 0.25) is 0 Å². The van der Waals surface area contributed by atoms with Crippen LogP contribution in [0.15, 0.2) is 54.6 Å². The largest absolute Gasteiger partial charge is 0.647 e. The molecule has 0 atom stereocenters. The molecule has 0 heterocycles. The molecule has 0 amide bonds. The number of aromatic hydroxyl groups is 2. The van der Waals surface area contributed by atoms with Gasteiger partial charge in [0.05, 0.1) is 0 Å². The van der Waals surface area contributed by atoms with E-state index >= 15 is 0 Å². The zero-order valence-corrected chi connectivity index (χ0v) is 17.6. The van der Waals surface area contributed by atoms with E-state index in [1.165, 1.54) is 12.1 Å². The van der Waals surface area contributed by atoms with Crippen molar-refractivity contribution in [1.82, 2.24) is 0 Å². The van der Waals surface area contributed by atoms with Gasteiger partial charge in [-0.15, -0.1) is 0 Å². The zero-order valence-electron chi connectivity index (χ0n) is 16.7. The number of aryl methyl sites for hydroxylation is 4. The fraction of sp³-hybridized carbons (Fsp3) is 0.182. The molecule has 0 aliphatic rings. The number of hydrogen-bond acceptors (Lipinski definition) is 6. The predicted octanol–water partition coefficient (Wildman–Crippen LogP) is 5.98. The molecule has 3 aromatic carbocycles. The Morgan fingerprint density at radius 1 is 0.690 bits per heavy atom. The van der Waals surface area contributed by atoms with Crippen LogP contribution in [-0.4, -0.2) is 10.2 Å². The molecule has 7 heteroatoms. The molecule has 29 heavy (non-hydrogen) atoms. The highest BCUT2D eigenvalue weighted by Crippen LogP contribution is 2.53. The minimum atomic E-state index is -4.31. The molecule has 0 spiro atoms. The Bertz CT molecular complexity index is 995. The summed E-state index contributed by atoms with van der Waals surface area (Å²) in [6.45, 7) is 7.27. The number of phenols is 2. The summed E-state index contributed by atoms with van der Waals surface area (Å²) in [7, 11) is -4.31. The van der Waals surface area contributed by atoms with E-state index in [4.69, 9.17) is 13.6 Å². The minimum Gasteiger partial charge on any atom is -0.508 e. The molecule has 6 nitrogen and oxygen atoms in total. The number of phosphoric acid groups is 1. The summed E-state index contributed by atoms with van der Waals surface area (Å²) in [5.41, 5.74) is 3.00. The molecule has 0 aliphatic carbocycles. The summed E-state index contributed by atoms with van der Waals surface area (Å²) < 4.78 is 30.9. The SMILES string of the molecule is Cc1cccc(C)c1OP(=O)(Oc1cc(O)ccc1O)Oc1c(C)cccc1C. The quantitative estimate of drug-likeness (QED) is 0.381. The number of phosphoric ester groups is 1. The average molecular weight is 414 g/mol. The second-order valence-electron chi connectivity index (χ2n) is 6.81. The van der Waals surface area contributed by atoms with Crippen LogP contribution in [0.25, 0.3) is 0 Å². The highest BCUT2D eigenvalue weighted by molar-refractivity contribution is 7.49. The van der Waals surface area contributed by atoms with E-state index in [0.717, 1.165) is 28.3 Å². The van der Waals surface area contributed by atoms with Gasteiger partial charge >= 0.3 is 7.82 Å². The van der Waals surface area contributed by atoms with Crippen molar-refractivity contribution in [3.8, 4) is 28.7 Å². The van der Waals surface area contributed by atoms with Crippen LogP contribution in [0.1, 0.15) is 22.3 Å². The molecule has 152 valence electrons. The van der Waals surface area contributed by atoms with Gasteiger partial charge in [-0.1, -0.05) is 36.4 Å². The first-order valence-electron chi connectivity index (χ1n) is 9.02. The van der Waals surface area contributed by atoms with Gasteiger partial charge in [-0.25, -0.2) is 0 Å². The summed E-state index contributed by atoms with van der Waals surface area (Å²) in [4.78, 5) is 0. The topological polar surface area (TPSA) is 85.2 Å². The van der Waals surface area contributed by atoms with E-state index < -0.39 is 7.82 Å². The molecule has 3 aromatic rings. The monoisotopic (exact) mass is 414 g/mol. The second-order valence-corrected chi connectivity index (χ2v) is 8.26. The molecule has 0 fully saturated rings. The van der Waals surface area contributed by atoms with Gasteiger partial charge in [-0.2, -0.15) is 4.57 Å². The van der Waals surface area contributed by atoms with Crippen LogP contribution >= 0.6 is 7.82 Å². The number of benzene rings is 3. The van der Waals surface area contributed by atoms with Crippen LogP contribution in [0.5, 0.6) is 28.7 Å². The number of rotatable bonds is 6. The van der Waals surface area contributed by atoms with Crippen LogP contribution in [0.4, 0.5) is 0 Å². The summed E-state index contributed by atoms with van der Waals surface area (Å²) in [6, 6.07) is 14.6. The van der Waals surface area contributed by atoms with Crippen molar-refractivity contribution in [3.05, 3.63) is 76.9 Å². The lowest BCUT2D eigenvalue weighted by molar-refractivity contribution is 0.289. The second kappa shape index (κ2) is 8.10. The van der Waals surface area contributed by atoms with Gasteiger partial charge in [-0.3, -0.25) is 0 Å². The van der Waals surface area contributed by atoms with Crippen molar-refractivity contribution in [3.63, 3.8) is 0 Å². The van der Waals surface area contributed by atoms with Crippen molar-refractivity contribution in [2.45, 2.75) is 27.7 Å². The van der Waals surface area contributed by atoms with E-state index in [9.17, 15) is 14.8 Å². The van der Waals surface area contributed by atoms with E-state index in [-0.39, 0.29) is 17.2 Å². The van der Waals surface area contributed by atoms with Crippen LogP contribution in [0.3, 0.4) is 0 Å². The van der Waals surface area contributed by atoms with Gasteiger partial charge in [0.15, 0.2) is 11.5 Å². The Morgan fingerprint density at radius 3 is 1.59 bits per heavy atom. The highest BCUT2D eigenvalue weighted by atomic mass is 31.2. The molecular weight excluding hydrogens is 391 g/mol. The summed E-state index contributed by atoms with van der Waals surface area (Å²) in [6.07, 6.45) is 0. The van der Waals surface area contributed by atoms with Crippen LogP contribution < -0.4 is 13.6 Å². The van der Waals surface area contributed by atoms with Crippen molar-refractivity contribution in [1.29, 1.82) is 0 Å². The third-order valence-corrected chi connectivity index (χ3v) is 5.61. The molecule has 0 aliphatic heterocycles. The van der Waals surface area contributed by atoms with Crippen molar-refractivity contribution >= 4 is 7.82 Å². The summed E-state index contributed by atoms with van der Waals surface area (Å²) in [5, 5.41) is 19.8. The molecule has 0 saturated carbocycles. The minimum absolute atomic E-state index is 0.163. The lowest BCUT2D eigenvalue weighted by Crippen LogP contribution is -2.10. The molecule has 0 radical (unpaired) electrons. The first kappa shape index (κ1) is 20.6. The van der Waals surface area contributed by atoms with E-state index in [1.807, 2.05) is 64.1 Å². The molecule has 3 rings (SSSR count). The Balaban J connectivity index is 2.07. The lowest BCUT2D eigenvalue weighted by atomic mass is 10.1. The Hall–Kier alpha value is -3.11. The first-order chi connectivity index (χ1) is 13.7. The van der Waals surface area contributed by atoms with Crippen LogP contribution in [-0.2, 0) is 4.57 Å². The smallest absolute Gasteiger partial charge is 0.508 e. The number of phenolic OH excluding ortho intramolecular Hbond substituents is 2. The van der Waals surface area contributed by atoms with E-state index in [1.54, 1.807) is 0 Å². The maximum Gasteiger partial charge on any atom is 0.647 e. The molecule has 0 aromatic heterocycles. The summed E-state index contributed by atoms with van der Waals surface area (Å²) in [5.74, 6) is 0.0379. The van der Waals surface area contributed by atoms with Gasteiger partial charge in [0.25, 0.3) is 0 Å². The fourth-order valence-electron chi connectivity index (χ4n) is 2.86. The summed E-state index contributed by atoms with van der Waals surface area (Å²) >= 11 is 0. The van der Waals surface area contributed by atoms with Crippen molar-refractivity contribution in [2.75, 3.05) is 0 Å². The van der Waals surface area contributed by atoms with Gasteiger partial charge in [0, 0.05) is 6.07 Å². The number of hydrogen-bond donors (Lipinski definition) is 2. The van der Waals surface area contributed by atoms with E-state index in [2.05, 4.69) is 0 Å². The van der Waals surface area contributed by atoms with Crippen molar-refractivity contribution in [2.24, 2.45) is 0 Å². The number of para-hydroxylation sites is 2. The first-order valence-corrected chi connectivity index (χ1v) is 10.5. The van der Waals surface area contributed by atoms with E-state index in [0.29, 0.717) is 11.5 Å². The maximum atomic E-state index is 13.7. The molecular formula is C22H23O6P. The van der Waals surface area contributed by atoms with Gasteiger partial charge in [0.1, 0.15) is 17.2 Å². The lowest BCUT2D eigenvalue weighted by Gasteiger charge is -2.23. The predicted molar refractivity (Wildman–Crippen MR) is 111 cm³/mol. The molecule has 0 unspecified atom stereocenters. The van der Waals surface area contributed by atoms with Gasteiger partial charge in [0.2, 0.25) is 0 Å².